The van der Waals surface area contributed by atoms with Crippen LogP contribution in [0.1, 0.15) is 13.8 Å². The summed E-state index contributed by atoms with van der Waals surface area (Å²) < 4.78 is 50.0. The second-order valence-corrected chi connectivity index (χ2v) is 5.65. The summed E-state index contributed by atoms with van der Waals surface area (Å²) in [5, 5.41) is 0. The van der Waals surface area contributed by atoms with Crippen LogP contribution in [0, 0.1) is 0 Å². The van der Waals surface area contributed by atoms with Gasteiger partial charge in [-0.3, -0.25) is 0 Å². The summed E-state index contributed by atoms with van der Waals surface area (Å²) in [5.74, 6) is -1.99. The number of esters is 1. The Hall–Kier alpha value is -1.23. The van der Waals surface area contributed by atoms with Gasteiger partial charge >= 0.3 is 23.8 Å². The molecule has 0 fully saturated rings. The van der Waals surface area contributed by atoms with E-state index in [-0.39, 0.29) is 12.5 Å². The van der Waals surface area contributed by atoms with Crippen LogP contribution in [-0.4, -0.2) is 53.2 Å². The first kappa shape index (κ1) is 18.8. The Bertz CT molecular complexity index is 528. The van der Waals surface area contributed by atoms with Crippen molar-refractivity contribution in [2.24, 2.45) is 15.0 Å². The molecule has 22 heavy (non-hydrogen) atoms. The standard InChI is InChI=1S/C11H14F3N3O3S2/c1-5-19-7(18)10(11(12,13)14)16-6(2)20-8(17-10)15-9(21-3)22-4/h5H2,1-4H3/t10-/m0/s1. The third kappa shape index (κ3) is 3.94. The summed E-state index contributed by atoms with van der Waals surface area (Å²) in [6.07, 6.45) is -1.69. The van der Waals surface area contributed by atoms with Crippen LogP contribution in [-0.2, 0) is 14.3 Å². The Labute approximate surface area is 133 Å². The molecule has 0 saturated carbocycles. The topological polar surface area (TPSA) is 72.6 Å². The molecule has 0 N–H and O–H groups in total. The lowest BCUT2D eigenvalue weighted by Crippen LogP contribution is -2.53. The quantitative estimate of drug-likeness (QED) is 0.432. The van der Waals surface area contributed by atoms with Gasteiger partial charge in [0.05, 0.1) is 6.61 Å². The largest absolute Gasteiger partial charge is 0.462 e. The maximum Gasteiger partial charge on any atom is 0.446 e. The molecule has 0 unspecified atom stereocenters. The van der Waals surface area contributed by atoms with E-state index in [1.54, 1.807) is 12.5 Å². The van der Waals surface area contributed by atoms with E-state index >= 15 is 0 Å². The molecule has 0 aromatic carbocycles. The highest BCUT2D eigenvalue weighted by molar-refractivity contribution is 8.38. The van der Waals surface area contributed by atoms with Gasteiger partial charge in [-0.1, -0.05) is 0 Å². The predicted octanol–water partition coefficient (Wildman–Crippen LogP) is 2.69. The Morgan fingerprint density at radius 2 is 1.95 bits per heavy atom. The smallest absolute Gasteiger partial charge is 0.446 e. The Kier molecular flexibility index (Phi) is 6.29. The number of halogens is 3. The van der Waals surface area contributed by atoms with E-state index < -0.39 is 23.8 Å². The molecule has 0 amide bonds. The third-order valence-electron chi connectivity index (χ3n) is 2.31. The fraction of sp³-hybridized carbons (Fsp3) is 0.636. The number of hydrogen-bond acceptors (Lipinski definition) is 8. The van der Waals surface area contributed by atoms with E-state index in [1.165, 1.54) is 37.4 Å². The molecule has 0 bridgehead atoms. The average Bonchev–Trinajstić information content (AvgIpc) is 2.43. The number of rotatable bonds is 2. The molecule has 1 heterocycles. The first-order valence-corrected chi connectivity index (χ1v) is 8.40. The first-order chi connectivity index (χ1) is 10.2. The number of thioether (sulfide) groups is 2. The van der Waals surface area contributed by atoms with Crippen LogP contribution in [0.2, 0.25) is 0 Å². The summed E-state index contributed by atoms with van der Waals surface area (Å²) in [7, 11) is 0. The number of carbonyl (C=O) groups excluding carboxylic acids is 1. The van der Waals surface area contributed by atoms with E-state index in [0.717, 1.165) is 0 Å². The number of amidine groups is 1. The number of ether oxygens (including phenoxy) is 2. The second kappa shape index (κ2) is 7.36. The lowest BCUT2D eigenvalue weighted by molar-refractivity contribution is -0.204. The Morgan fingerprint density at radius 1 is 1.36 bits per heavy atom. The van der Waals surface area contributed by atoms with Crippen LogP contribution in [0.25, 0.3) is 0 Å². The summed E-state index contributed by atoms with van der Waals surface area (Å²) >= 11 is 2.41. The van der Waals surface area contributed by atoms with Gasteiger partial charge in [0.25, 0.3) is 0 Å². The SMILES string of the molecule is CCOC(=O)[C@]1(C(F)(F)F)N=C(C)OC(N=C(SC)SC)=N1. The van der Waals surface area contributed by atoms with Crippen molar-refractivity contribution < 1.29 is 27.4 Å². The van der Waals surface area contributed by atoms with Crippen molar-refractivity contribution in [3.8, 4) is 0 Å². The summed E-state index contributed by atoms with van der Waals surface area (Å²) in [4.78, 5) is 22.2. The van der Waals surface area contributed by atoms with E-state index in [2.05, 4.69) is 19.7 Å². The molecular formula is C11H14F3N3O3S2. The van der Waals surface area contributed by atoms with Gasteiger partial charge in [-0.25, -0.2) is 9.79 Å². The van der Waals surface area contributed by atoms with Gasteiger partial charge in [0.15, 0.2) is 5.90 Å². The highest BCUT2D eigenvalue weighted by Gasteiger charge is 2.65. The van der Waals surface area contributed by atoms with E-state index in [4.69, 9.17) is 4.74 Å². The fourth-order valence-corrected chi connectivity index (χ4v) is 2.44. The number of hydrogen-bond donors (Lipinski definition) is 0. The van der Waals surface area contributed by atoms with Gasteiger partial charge in [-0.05, 0) is 19.4 Å². The van der Waals surface area contributed by atoms with Crippen LogP contribution >= 0.6 is 23.5 Å². The highest BCUT2D eigenvalue weighted by atomic mass is 32.2. The Balaban J connectivity index is 3.41. The first-order valence-electron chi connectivity index (χ1n) is 5.95. The minimum Gasteiger partial charge on any atom is -0.462 e. The fourth-order valence-electron chi connectivity index (χ4n) is 1.44. The molecule has 1 atom stereocenters. The molecule has 0 radical (unpaired) electrons. The second-order valence-electron chi connectivity index (χ2n) is 3.80. The maximum atomic E-state index is 13.4. The average molecular weight is 357 g/mol. The van der Waals surface area contributed by atoms with Crippen molar-refractivity contribution in [1.29, 1.82) is 0 Å². The van der Waals surface area contributed by atoms with Crippen molar-refractivity contribution in [3.63, 3.8) is 0 Å². The zero-order valence-corrected chi connectivity index (χ0v) is 13.9. The van der Waals surface area contributed by atoms with Crippen molar-refractivity contribution in [1.82, 2.24) is 0 Å². The molecule has 0 spiro atoms. The number of carbonyl (C=O) groups is 1. The molecule has 0 aliphatic carbocycles. The number of nitrogens with zero attached hydrogens (tertiary/aromatic N) is 3. The molecular weight excluding hydrogens is 343 g/mol. The van der Waals surface area contributed by atoms with E-state index in [9.17, 15) is 18.0 Å². The molecule has 0 aromatic rings. The molecule has 1 aliphatic rings. The van der Waals surface area contributed by atoms with Gasteiger partial charge < -0.3 is 9.47 Å². The van der Waals surface area contributed by atoms with Crippen molar-refractivity contribution in [2.45, 2.75) is 25.7 Å². The lowest BCUT2D eigenvalue weighted by Gasteiger charge is -2.28. The maximum absolute atomic E-state index is 13.4. The molecule has 11 heteroatoms. The van der Waals surface area contributed by atoms with Crippen molar-refractivity contribution >= 4 is 45.8 Å². The Morgan fingerprint density at radius 3 is 2.41 bits per heavy atom. The molecule has 1 rings (SSSR count). The van der Waals surface area contributed by atoms with Crippen LogP contribution < -0.4 is 0 Å². The minimum absolute atomic E-state index is 0.235. The van der Waals surface area contributed by atoms with Crippen molar-refractivity contribution in [3.05, 3.63) is 0 Å². The van der Waals surface area contributed by atoms with Crippen LogP contribution in [0.15, 0.2) is 15.0 Å². The molecule has 124 valence electrons. The molecule has 0 aromatic heterocycles. The summed E-state index contributed by atoms with van der Waals surface area (Å²) in [6, 6.07) is -0.587. The summed E-state index contributed by atoms with van der Waals surface area (Å²) in [5.41, 5.74) is -3.38. The van der Waals surface area contributed by atoms with Crippen LogP contribution in [0.5, 0.6) is 0 Å². The van der Waals surface area contributed by atoms with Gasteiger partial charge in [0.1, 0.15) is 4.38 Å². The lowest BCUT2D eigenvalue weighted by atomic mass is 10.1. The van der Waals surface area contributed by atoms with Gasteiger partial charge in [-0.2, -0.15) is 23.2 Å². The third-order valence-corrected chi connectivity index (χ3v) is 4.19. The number of aliphatic imine (C=N–C) groups is 3. The predicted molar refractivity (Wildman–Crippen MR) is 81.5 cm³/mol. The van der Waals surface area contributed by atoms with Crippen LogP contribution in [0.3, 0.4) is 0 Å². The summed E-state index contributed by atoms with van der Waals surface area (Å²) in [6.45, 7) is 2.34. The van der Waals surface area contributed by atoms with E-state index in [1.807, 2.05) is 0 Å². The monoisotopic (exact) mass is 357 g/mol. The van der Waals surface area contributed by atoms with Gasteiger partial charge in [0, 0.05) is 6.92 Å². The minimum atomic E-state index is -5.08. The van der Waals surface area contributed by atoms with Crippen molar-refractivity contribution in [2.75, 3.05) is 19.1 Å². The van der Waals surface area contributed by atoms with E-state index in [0.29, 0.717) is 4.38 Å². The molecule has 0 saturated heterocycles. The van der Waals surface area contributed by atoms with Gasteiger partial charge in [-0.15, -0.1) is 23.5 Å². The molecule has 1 aliphatic heterocycles. The zero-order valence-electron chi connectivity index (χ0n) is 12.2. The normalized spacial score (nSPS) is 21.4. The number of alkyl halides is 3. The zero-order chi connectivity index (χ0) is 17.0. The van der Waals surface area contributed by atoms with Gasteiger partial charge in [0.2, 0.25) is 0 Å². The van der Waals surface area contributed by atoms with Crippen LogP contribution in [0.4, 0.5) is 13.2 Å². The molecule has 6 nitrogen and oxygen atoms in total. The highest BCUT2D eigenvalue weighted by Crippen LogP contribution is 2.38.